The Morgan fingerprint density at radius 3 is 1.55 bits per heavy atom. The van der Waals surface area contributed by atoms with Crippen LogP contribution in [-0.2, 0) is 23.8 Å². The Balaban J connectivity index is 0.000000275. The van der Waals surface area contributed by atoms with E-state index in [9.17, 15) is 18.4 Å². The molecular formula is C46H47Cl2F2N8O4-. The number of hydrogen-bond donors (Lipinski definition) is 2. The second-order valence-electron chi connectivity index (χ2n) is 13.3. The van der Waals surface area contributed by atoms with Gasteiger partial charge in [-0.1, -0.05) is 121 Å². The molecule has 0 aliphatic carbocycles. The average molecular weight is 885 g/mol. The standard InChI is InChI=1S/C23H23FN4O2.C17H18N2O.C6H6ClFN2O.ClH/c1-5-14-30-27-15(2)17-10-12-18(13-11-17)19-8-6-7-9-20(19)25-23(29)21-16(3)26-28(4)22(21)24;1-3-12-20-19-13(2)14-8-10-15(11-9-14)16-6-4-5-7-17(16)18;1-3-4(5(7)11)6(8)10(2)9-3;/h5-13H,1,14H2,2-4H3,(H,25,29);3-11H,1,12,18H2,2H3;1-2H3;1H/p-1/b27-15+;19-13+;;. The summed E-state index contributed by atoms with van der Waals surface area (Å²) in [7, 11) is 2.87. The highest BCUT2D eigenvalue weighted by Gasteiger charge is 2.22. The first kappa shape index (κ1) is 49.5. The fourth-order valence-corrected chi connectivity index (χ4v) is 6.01. The molecule has 12 nitrogen and oxygen atoms in total. The van der Waals surface area contributed by atoms with E-state index in [0.29, 0.717) is 30.3 Å². The van der Waals surface area contributed by atoms with Crippen LogP contribution in [0.25, 0.3) is 22.3 Å². The van der Waals surface area contributed by atoms with Crippen molar-refractivity contribution in [2.45, 2.75) is 27.7 Å². The molecule has 2 heterocycles. The molecule has 0 fully saturated rings. The summed E-state index contributed by atoms with van der Waals surface area (Å²) in [6, 6.07) is 31.0. The normalized spacial score (nSPS) is 10.9. The quantitative estimate of drug-likeness (QED) is 0.0323. The van der Waals surface area contributed by atoms with Crippen molar-refractivity contribution in [1.29, 1.82) is 0 Å². The first-order valence-electron chi connectivity index (χ1n) is 18.8. The Morgan fingerprint density at radius 1 is 0.726 bits per heavy atom. The molecule has 1 amide bonds. The van der Waals surface area contributed by atoms with E-state index in [0.717, 1.165) is 59.9 Å². The van der Waals surface area contributed by atoms with E-state index >= 15 is 0 Å². The Kier molecular flexibility index (Phi) is 19.0. The molecule has 0 aliphatic heterocycles. The van der Waals surface area contributed by atoms with E-state index in [1.54, 1.807) is 25.1 Å². The van der Waals surface area contributed by atoms with Crippen molar-refractivity contribution in [2.75, 3.05) is 24.3 Å². The third-order valence-corrected chi connectivity index (χ3v) is 9.07. The lowest BCUT2D eigenvalue weighted by molar-refractivity contribution is -0.0000294. The van der Waals surface area contributed by atoms with Gasteiger partial charge in [0, 0.05) is 36.6 Å². The molecular weight excluding hydrogens is 837 g/mol. The van der Waals surface area contributed by atoms with E-state index in [2.05, 4.69) is 39.0 Å². The Hall–Kier alpha value is -6.90. The van der Waals surface area contributed by atoms with Crippen molar-refractivity contribution < 1.29 is 40.5 Å². The highest BCUT2D eigenvalue weighted by Crippen LogP contribution is 2.29. The van der Waals surface area contributed by atoms with E-state index in [1.165, 1.54) is 21.0 Å². The molecule has 62 heavy (non-hydrogen) atoms. The van der Waals surface area contributed by atoms with Gasteiger partial charge >= 0.3 is 0 Å². The summed E-state index contributed by atoms with van der Waals surface area (Å²) in [5, 5.41) is 17.7. The summed E-state index contributed by atoms with van der Waals surface area (Å²) >= 11 is 5.09. The number of hydrogen-bond acceptors (Lipinski definition) is 9. The van der Waals surface area contributed by atoms with Gasteiger partial charge in [0.15, 0.2) is 0 Å². The zero-order chi connectivity index (χ0) is 44.6. The molecule has 6 rings (SSSR count). The maximum Gasteiger partial charge on any atom is 0.262 e. The summed E-state index contributed by atoms with van der Waals surface area (Å²) < 4.78 is 29.1. The summed E-state index contributed by atoms with van der Waals surface area (Å²) in [6.45, 7) is 14.8. The SMILES string of the molecule is C=CCO/N=C(\C)c1ccc(-c2ccccc2N)cc1.C=CCO/N=C(\C)c1ccc(-c2ccccc2NC(=O)c2c(C)nn(C)c2F)cc1.Cc1nn(C)c(F)c1C(=O)Cl.[Cl-]. The van der Waals surface area contributed by atoms with Crippen LogP contribution in [0.2, 0.25) is 0 Å². The molecule has 3 N–H and O–H groups in total. The van der Waals surface area contributed by atoms with Gasteiger partial charge in [-0.15, -0.1) is 0 Å². The van der Waals surface area contributed by atoms with Crippen LogP contribution in [0, 0.1) is 25.7 Å². The number of amides is 1. The number of nitrogens with two attached hydrogens (primary N) is 1. The number of anilines is 2. The number of aryl methyl sites for hydroxylation is 4. The van der Waals surface area contributed by atoms with Crippen molar-refractivity contribution in [2.24, 2.45) is 24.4 Å². The second-order valence-corrected chi connectivity index (χ2v) is 13.6. The lowest BCUT2D eigenvalue weighted by atomic mass is 10.0. The fraction of sp³-hybridized carbons (Fsp3) is 0.174. The lowest BCUT2D eigenvalue weighted by Crippen LogP contribution is -3.00. The van der Waals surface area contributed by atoms with Crippen LogP contribution in [0.4, 0.5) is 20.2 Å². The largest absolute Gasteiger partial charge is 1.00 e. The molecule has 0 spiro atoms. The van der Waals surface area contributed by atoms with Gasteiger partial charge in [-0.3, -0.25) is 9.59 Å². The van der Waals surface area contributed by atoms with Gasteiger partial charge in [0.2, 0.25) is 11.9 Å². The third-order valence-electron chi connectivity index (χ3n) is 8.88. The summed E-state index contributed by atoms with van der Waals surface area (Å²) in [6.07, 6.45) is 3.29. The van der Waals surface area contributed by atoms with Gasteiger partial charge in [-0.25, -0.2) is 9.36 Å². The smallest absolute Gasteiger partial charge is 0.262 e. The van der Waals surface area contributed by atoms with Crippen LogP contribution in [0.15, 0.2) is 133 Å². The second kappa shape index (κ2) is 23.8. The molecule has 0 bridgehead atoms. The molecule has 0 atom stereocenters. The van der Waals surface area contributed by atoms with Crippen LogP contribution in [0.3, 0.4) is 0 Å². The van der Waals surface area contributed by atoms with E-state index in [1.807, 2.05) is 105 Å². The van der Waals surface area contributed by atoms with E-state index < -0.39 is 23.0 Å². The van der Waals surface area contributed by atoms with Crippen LogP contribution >= 0.6 is 11.6 Å². The minimum absolute atomic E-state index is 0. The molecule has 0 unspecified atom stereocenters. The number of para-hydroxylation sites is 2. The topological polar surface area (TPSA) is 151 Å². The van der Waals surface area contributed by atoms with Crippen molar-refractivity contribution in [3.8, 4) is 22.3 Å². The Bertz CT molecular complexity index is 2550. The van der Waals surface area contributed by atoms with Gasteiger partial charge in [-0.05, 0) is 73.7 Å². The number of carbonyl (C=O) groups excluding carboxylic acids is 2. The monoisotopic (exact) mass is 883 g/mol. The predicted molar refractivity (Wildman–Crippen MR) is 239 cm³/mol. The van der Waals surface area contributed by atoms with Crippen LogP contribution in [0.1, 0.15) is 57.1 Å². The maximum absolute atomic E-state index is 14.2. The lowest BCUT2D eigenvalue weighted by Gasteiger charge is -2.12. The van der Waals surface area contributed by atoms with Gasteiger partial charge in [0.1, 0.15) is 24.3 Å². The van der Waals surface area contributed by atoms with Crippen molar-refractivity contribution in [1.82, 2.24) is 19.6 Å². The Labute approximate surface area is 370 Å². The van der Waals surface area contributed by atoms with Gasteiger partial charge in [-0.2, -0.15) is 19.0 Å². The van der Waals surface area contributed by atoms with Gasteiger partial charge in [0.25, 0.3) is 11.1 Å². The highest BCUT2D eigenvalue weighted by molar-refractivity contribution is 6.67. The number of oxime groups is 2. The molecule has 16 heteroatoms. The number of benzene rings is 4. The van der Waals surface area contributed by atoms with Crippen LogP contribution in [0.5, 0.6) is 0 Å². The minimum atomic E-state index is -0.812. The molecule has 2 aromatic heterocycles. The van der Waals surface area contributed by atoms with E-state index in [4.69, 9.17) is 27.0 Å². The van der Waals surface area contributed by atoms with Crippen LogP contribution in [-0.4, -0.2) is 55.3 Å². The van der Waals surface area contributed by atoms with Crippen molar-refractivity contribution in [3.63, 3.8) is 0 Å². The molecule has 0 saturated carbocycles. The third kappa shape index (κ3) is 13.0. The minimum Gasteiger partial charge on any atom is -1.00 e. The number of nitrogen functional groups attached to an aromatic ring is 1. The van der Waals surface area contributed by atoms with Crippen molar-refractivity contribution >= 4 is 45.5 Å². The number of halogens is 4. The molecule has 6 aromatic rings. The first-order valence-corrected chi connectivity index (χ1v) is 19.2. The van der Waals surface area contributed by atoms with E-state index in [-0.39, 0.29) is 23.5 Å². The average Bonchev–Trinajstić information content (AvgIpc) is 3.67. The number of rotatable bonds is 13. The molecule has 0 radical (unpaired) electrons. The first-order chi connectivity index (χ1) is 29.2. The van der Waals surface area contributed by atoms with Gasteiger partial charge in [0.05, 0.1) is 22.8 Å². The molecule has 0 aliphatic rings. The number of nitrogens with one attached hydrogen (secondary N) is 1. The number of carbonyl (C=O) groups is 2. The maximum atomic E-state index is 14.2. The summed E-state index contributed by atoms with van der Waals surface area (Å²) in [5.41, 5.74) is 15.1. The van der Waals surface area contributed by atoms with Gasteiger partial charge < -0.3 is 33.1 Å². The molecule has 4 aromatic carbocycles. The molecule has 324 valence electrons. The summed E-state index contributed by atoms with van der Waals surface area (Å²) in [4.78, 5) is 33.5. The zero-order valence-electron chi connectivity index (χ0n) is 35.1. The number of nitrogens with zero attached hydrogens (tertiary/aromatic N) is 6. The van der Waals surface area contributed by atoms with Crippen molar-refractivity contribution in [3.05, 3.63) is 168 Å². The summed E-state index contributed by atoms with van der Waals surface area (Å²) in [5.74, 6) is -1.90. The predicted octanol–water partition coefficient (Wildman–Crippen LogP) is 6.83. The number of aromatic nitrogens is 4. The van der Waals surface area contributed by atoms with Crippen LogP contribution < -0.4 is 23.5 Å². The molecule has 0 saturated heterocycles. The Morgan fingerprint density at radius 2 is 1.15 bits per heavy atom. The highest BCUT2D eigenvalue weighted by atomic mass is 35.5. The fourth-order valence-electron chi connectivity index (χ4n) is 5.79. The zero-order valence-corrected chi connectivity index (χ0v) is 36.6.